The van der Waals surface area contributed by atoms with Crippen molar-refractivity contribution in [2.24, 2.45) is 0 Å². The molecule has 0 fully saturated rings. The first-order valence-electron chi connectivity index (χ1n) is 5.57. The molecule has 1 aromatic carbocycles. The van der Waals surface area contributed by atoms with Gasteiger partial charge in [0.15, 0.2) is 0 Å². The maximum absolute atomic E-state index is 11.9. The van der Waals surface area contributed by atoms with Gasteiger partial charge in [0.2, 0.25) is 12.1 Å². The Morgan fingerprint density at radius 2 is 1.63 bits per heavy atom. The Bertz CT molecular complexity index is 471. The lowest BCUT2D eigenvalue weighted by Crippen LogP contribution is -2.24. The molecule has 0 aliphatic rings. The molecule has 0 aliphatic heterocycles. The first-order chi connectivity index (χ1) is 8.99. The minimum absolute atomic E-state index is 0.303. The molecule has 0 radical (unpaired) electrons. The van der Waals surface area contributed by atoms with Crippen LogP contribution in [-0.2, 0) is 14.3 Å². The SMILES string of the molecule is C=C(C)C(=O)Oc1ccc(C(=O)C(OC)OC)cc1. The van der Waals surface area contributed by atoms with Gasteiger partial charge in [-0.3, -0.25) is 4.79 Å². The first kappa shape index (κ1) is 15.1. The van der Waals surface area contributed by atoms with Crippen LogP contribution in [0.4, 0.5) is 0 Å². The molecule has 0 heterocycles. The van der Waals surface area contributed by atoms with Gasteiger partial charge in [0.1, 0.15) is 5.75 Å². The Kier molecular flexibility index (Phi) is 5.41. The molecule has 0 N–H and O–H groups in total. The van der Waals surface area contributed by atoms with Gasteiger partial charge in [-0.05, 0) is 31.2 Å². The molecule has 19 heavy (non-hydrogen) atoms. The van der Waals surface area contributed by atoms with Gasteiger partial charge in [-0.15, -0.1) is 0 Å². The maximum atomic E-state index is 11.9. The van der Waals surface area contributed by atoms with Crippen LogP contribution >= 0.6 is 0 Å². The average Bonchev–Trinajstić information content (AvgIpc) is 2.40. The summed E-state index contributed by atoms with van der Waals surface area (Å²) >= 11 is 0. The third-order valence-corrected chi connectivity index (χ3v) is 2.34. The number of benzene rings is 1. The number of hydrogen-bond acceptors (Lipinski definition) is 5. The van der Waals surface area contributed by atoms with E-state index < -0.39 is 12.3 Å². The number of rotatable bonds is 6. The van der Waals surface area contributed by atoms with Crippen molar-refractivity contribution in [2.45, 2.75) is 13.2 Å². The number of hydrogen-bond donors (Lipinski definition) is 0. The largest absolute Gasteiger partial charge is 0.423 e. The van der Waals surface area contributed by atoms with Crippen molar-refractivity contribution < 1.29 is 23.8 Å². The molecule has 0 unspecified atom stereocenters. The van der Waals surface area contributed by atoms with Crippen molar-refractivity contribution in [1.29, 1.82) is 0 Å². The molecule has 0 spiro atoms. The molecular weight excluding hydrogens is 248 g/mol. The van der Waals surface area contributed by atoms with Gasteiger partial charge in [0.05, 0.1) is 0 Å². The smallest absolute Gasteiger partial charge is 0.338 e. The standard InChI is InChI=1S/C14H16O5/c1-9(2)13(16)19-11-7-5-10(6-8-11)12(15)14(17-3)18-4/h5-8,14H,1H2,2-4H3. The van der Waals surface area contributed by atoms with Gasteiger partial charge in [0.25, 0.3) is 0 Å². The first-order valence-corrected chi connectivity index (χ1v) is 5.57. The molecule has 0 saturated carbocycles. The molecule has 0 amide bonds. The van der Waals surface area contributed by atoms with E-state index in [4.69, 9.17) is 14.2 Å². The lowest BCUT2D eigenvalue weighted by Gasteiger charge is -2.12. The Balaban J connectivity index is 2.79. The van der Waals surface area contributed by atoms with Gasteiger partial charge in [-0.25, -0.2) is 4.79 Å². The number of methoxy groups -OCH3 is 2. The Labute approximate surface area is 111 Å². The zero-order chi connectivity index (χ0) is 14.4. The van der Waals surface area contributed by atoms with Crippen molar-refractivity contribution >= 4 is 11.8 Å². The quantitative estimate of drug-likeness (QED) is 0.258. The summed E-state index contributed by atoms with van der Waals surface area (Å²) in [5.74, 6) is -0.468. The molecule has 0 aliphatic carbocycles. The Morgan fingerprint density at radius 3 is 2.05 bits per heavy atom. The molecule has 0 saturated heterocycles. The molecule has 5 nitrogen and oxygen atoms in total. The highest BCUT2D eigenvalue weighted by atomic mass is 16.7. The molecule has 102 valence electrons. The molecule has 0 aromatic heterocycles. The predicted octanol–water partition coefficient (Wildman–Crippen LogP) is 1.97. The summed E-state index contributed by atoms with van der Waals surface area (Å²) in [4.78, 5) is 23.2. The summed E-state index contributed by atoms with van der Waals surface area (Å²) in [5, 5.41) is 0. The lowest BCUT2D eigenvalue weighted by atomic mass is 10.1. The summed E-state index contributed by atoms with van der Waals surface area (Å²) < 4.78 is 14.8. The van der Waals surface area contributed by atoms with E-state index in [1.165, 1.54) is 38.5 Å². The van der Waals surface area contributed by atoms with E-state index in [-0.39, 0.29) is 5.78 Å². The van der Waals surface area contributed by atoms with Gasteiger partial charge in [-0.1, -0.05) is 6.58 Å². The van der Waals surface area contributed by atoms with Crippen LogP contribution in [0.25, 0.3) is 0 Å². The number of ether oxygens (including phenoxy) is 3. The fourth-order valence-corrected chi connectivity index (χ4v) is 1.33. The van der Waals surface area contributed by atoms with Crippen LogP contribution in [0.2, 0.25) is 0 Å². The highest BCUT2D eigenvalue weighted by Gasteiger charge is 2.18. The summed E-state index contributed by atoms with van der Waals surface area (Å²) in [6, 6.07) is 6.12. The molecule has 1 aromatic rings. The van der Waals surface area contributed by atoms with Gasteiger partial charge in [-0.2, -0.15) is 0 Å². The van der Waals surface area contributed by atoms with E-state index in [2.05, 4.69) is 6.58 Å². The number of carbonyl (C=O) groups is 2. The summed E-state index contributed by atoms with van der Waals surface area (Å²) in [5.41, 5.74) is 0.711. The van der Waals surface area contributed by atoms with Crippen molar-refractivity contribution in [3.8, 4) is 5.75 Å². The van der Waals surface area contributed by atoms with Gasteiger partial charge < -0.3 is 14.2 Å². The van der Waals surface area contributed by atoms with Gasteiger partial charge >= 0.3 is 5.97 Å². The fraction of sp³-hybridized carbons (Fsp3) is 0.286. The minimum atomic E-state index is -0.941. The van der Waals surface area contributed by atoms with Crippen LogP contribution in [0.15, 0.2) is 36.4 Å². The summed E-state index contributed by atoms with van der Waals surface area (Å²) in [6.07, 6.45) is -0.941. The van der Waals surface area contributed by atoms with Crippen molar-refractivity contribution in [2.75, 3.05) is 14.2 Å². The number of carbonyl (C=O) groups excluding carboxylic acids is 2. The van der Waals surface area contributed by atoms with Crippen molar-refractivity contribution in [1.82, 2.24) is 0 Å². The minimum Gasteiger partial charge on any atom is -0.423 e. The molecular formula is C14H16O5. The number of Topliss-reactive ketones (excluding diaryl/α,β-unsaturated/α-hetero) is 1. The molecule has 1 rings (SSSR count). The van der Waals surface area contributed by atoms with Crippen molar-refractivity contribution in [3.05, 3.63) is 42.0 Å². The van der Waals surface area contributed by atoms with Crippen LogP contribution in [0.1, 0.15) is 17.3 Å². The normalized spacial score (nSPS) is 10.3. The van der Waals surface area contributed by atoms with Crippen molar-refractivity contribution in [3.63, 3.8) is 0 Å². The molecule has 0 bridgehead atoms. The van der Waals surface area contributed by atoms with E-state index in [9.17, 15) is 9.59 Å². The van der Waals surface area contributed by atoms with E-state index in [1.54, 1.807) is 6.92 Å². The highest BCUT2D eigenvalue weighted by Crippen LogP contribution is 2.15. The van der Waals surface area contributed by atoms with E-state index in [1.807, 2.05) is 0 Å². The van der Waals surface area contributed by atoms with Crippen LogP contribution in [0.3, 0.4) is 0 Å². The summed E-state index contributed by atoms with van der Waals surface area (Å²) in [6.45, 7) is 5.04. The third-order valence-electron chi connectivity index (χ3n) is 2.34. The number of esters is 1. The topological polar surface area (TPSA) is 61.8 Å². The predicted molar refractivity (Wildman–Crippen MR) is 69.0 cm³/mol. The van der Waals surface area contributed by atoms with Gasteiger partial charge in [0, 0.05) is 25.4 Å². The van der Waals surface area contributed by atoms with E-state index >= 15 is 0 Å². The van der Waals surface area contributed by atoms with E-state index in [0.29, 0.717) is 16.9 Å². The van der Waals surface area contributed by atoms with Crippen LogP contribution in [0.5, 0.6) is 5.75 Å². The van der Waals surface area contributed by atoms with Crippen LogP contribution in [0, 0.1) is 0 Å². The third kappa shape index (κ3) is 4.01. The zero-order valence-electron chi connectivity index (χ0n) is 11.1. The molecule has 5 heteroatoms. The maximum Gasteiger partial charge on any atom is 0.338 e. The van der Waals surface area contributed by atoms with E-state index in [0.717, 1.165) is 0 Å². The highest BCUT2D eigenvalue weighted by molar-refractivity contribution is 5.98. The molecule has 0 atom stereocenters. The van der Waals surface area contributed by atoms with Crippen LogP contribution < -0.4 is 4.74 Å². The Hall–Kier alpha value is -1.98. The lowest BCUT2D eigenvalue weighted by molar-refractivity contribution is -0.130. The van der Waals surface area contributed by atoms with Crippen LogP contribution in [-0.4, -0.2) is 32.3 Å². The summed E-state index contributed by atoms with van der Waals surface area (Å²) in [7, 11) is 2.77. The second-order valence-corrected chi connectivity index (χ2v) is 3.86. The fourth-order valence-electron chi connectivity index (χ4n) is 1.33. The Morgan fingerprint density at radius 1 is 1.11 bits per heavy atom. The zero-order valence-corrected chi connectivity index (χ0v) is 11.1. The second kappa shape index (κ2) is 6.82. The monoisotopic (exact) mass is 264 g/mol. The average molecular weight is 264 g/mol. The second-order valence-electron chi connectivity index (χ2n) is 3.86. The number of ketones is 1.